The number of amides is 1. The molecule has 0 aromatic carbocycles. The van der Waals surface area contributed by atoms with Crippen molar-refractivity contribution in [3.63, 3.8) is 0 Å². The number of carbonyl (C=O) groups excluding carboxylic acids is 1. The molecule has 1 saturated carbocycles. The van der Waals surface area contributed by atoms with Crippen molar-refractivity contribution in [2.24, 2.45) is 23.5 Å². The van der Waals surface area contributed by atoms with E-state index in [4.69, 9.17) is 5.73 Å². The van der Waals surface area contributed by atoms with Gasteiger partial charge in [-0.3, -0.25) is 9.69 Å². The van der Waals surface area contributed by atoms with Crippen molar-refractivity contribution in [3.8, 4) is 0 Å². The first-order valence-electron chi connectivity index (χ1n) is 6.70. The van der Waals surface area contributed by atoms with Gasteiger partial charge in [-0.1, -0.05) is 13.8 Å². The Bertz CT molecular complexity index is 287. The van der Waals surface area contributed by atoms with Crippen molar-refractivity contribution in [3.05, 3.63) is 0 Å². The van der Waals surface area contributed by atoms with Crippen LogP contribution in [0, 0.1) is 17.8 Å². The molecular formula is C13H24N2O2. The van der Waals surface area contributed by atoms with E-state index in [-0.39, 0.29) is 5.91 Å². The Labute approximate surface area is 103 Å². The van der Waals surface area contributed by atoms with E-state index in [0.29, 0.717) is 12.3 Å². The van der Waals surface area contributed by atoms with Crippen molar-refractivity contribution >= 4 is 5.91 Å². The summed E-state index contributed by atoms with van der Waals surface area (Å²) in [6.07, 6.45) is 2.63. The number of rotatable bonds is 4. The van der Waals surface area contributed by atoms with Gasteiger partial charge in [-0.2, -0.15) is 0 Å². The van der Waals surface area contributed by atoms with Crippen molar-refractivity contribution in [2.45, 2.75) is 45.3 Å². The van der Waals surface area contributed by atoms with Crippen LogP contribution in [0.2, 0.25) is 0 Å². The highest BCUT2D eigenvalue weighted by molar-refractivity contribution is 5.80. The Kier molecular flexibility index (Phi) is 3.73. The zero-order chi connectivity index (χ0) is 12.6. The van der Waals surface area contributed by atoms with Crippen LogP contribution in [0.3, 0.4) is 0 Å². The summed E-state index contributed by atoms with van der Waals surface area (Å²) >= 11 is 0. The molecule has 17 heavy (non-hydrogen) atoms. The Balaban J connectivity index is 1.82. The van der Waals surface area contributed by atoms with Gasteiger partial charge in [-0.25, -0.2) is 0 Å². The van der Waals surface area contributed by atoms with E-state index in [1.54, 1.807) is 0 Å². The lowest BCUT2D eigenvalue weighted by molar-refractivity contribution is -0.125. The Hall–Kier alpha value is -0.610. The molecule has 0 unspecified atom stereocenters. The van der Waals surface area contributed by atoms with E-state index in [2.05, 4.69) is 18.7 Å². The molecule has 0 aromatic heterocycles. The second-order valence-electron chi connectivity index (χ2n) is 6.04. The molecule has 0 radical (unpaired) electrons. The van der Waals surface area contributed by atoms with Gasteiger partial charge in [0.2, 0.25) is 5.91 Å². The van der Waals surface area contributed by atoms with Crippen LogP contribution in [0.4, 0.5) is 0 Å². The lowest BCUT2D eigenvalue weighted by Gasteiger charge is -2.41. The fourth-order valence-corrected chi connectivity index (χ4v) is 3.23. The number of hydrogen-bond acceptors (Lipinski definition) is 3. The van der Waals surface area contributed by atoms with Gasteiger partial charge in [0.25, 0.3) is 0 Å². The lowest BCUT2D eigenvalue weighted by Crippen LogP contribution is -2.48. The summed E-state index contributed by atoms with van der Waals surface area (Å²) in [5.74, 6) is 1.92. The molecule has 1 amide bonds. The fourth-order valence-electron chi connectivity index (χ4n) is 3.23. The number of nitrogens with zero attached hydrogens (tertiary/aromatic N) is 1. The van der Waals surface area contributed by atoms with Crippen LogP contribution in [0.15, 0.2) is 0 Å². The van der Waals surface area contributed by atoms with E-state index < -0.39 is 12.1 Å². The highest BCUT2D eigenvalue weighted by atomic mass is 16.3. The van der Waals surface area contributed by atoms with Gasteiger partial charge in [0, 0.05) is 13.1 Å². The first-order chi connectivity index (χ1) is 7.99. The number of nitrogens with two attached hydrogens (primary N) is 1. The smallest absolute Gasteiger partial charge is 0.237 e. The molecule has 1 heterocycles. The van der Waals surface area contributed by atoms with Gasteiger partial charge in [0.15, 0.2) is 0 Å². The van der Waals surface area contributed by atoms with E-state index in [9.17, 15) is 9.90 Å². The highest BCUT2D eigenvalue weighted by Crippen LogP contribution is 2.39. The number of aliphatic hydroxyl groups excluding tert-OH is 1. The van der Waals surface area contributed by atoms with Crippen molar-refractivity contribution in [1.29, 1.82) is 0 Å². The molecule has 2 atom stereocenters. The van der Waals surface area contributed by atoms with Crippen LogP contribution in [0.25, 0.3) is 0 Å². The first kappa shape index (κ1) is 12.8. The predicted molar refractivity (Wildman–Crippen MR) is 66.2 cm³/mol. The average Bonchev–Trinajstić information content (AvgIpc) is 2.51. The summed E-state index contributed by atoms with van der Waals surface area (Å²) in [6.45, 7) is 6.27. The maximum atomic E-state index is 11.3. The van der Waals surface area contributed by atoms with Crippen LogP contribution >= 0.6 is 0 Å². The summed E-state index contributed by atoms with van der Waals surface area (Å²) in [5, 5.41) is 9.73. The number of carbonyl (C=O) groups is 1. The number of hydrogen-bond donors (Lipinski definition) is 2. The van der Waals surface area contributed by atoms with E-state index in [1.165, 1.54) is 12.8 Å². The third-order valence-corrected chi connectivity index (χ3v) is 4.47. The number of likely N-dealkylation sites (tertiary alicyclic amines) is 1. The van der Waals surface area contributed by atoms with E-state index in [0.717, 1.165) is 24.9 Å². The monoisotopic (exact) mass is 240 g/mol. The number of aliphatic hydroxyl groups is 1. The lowest BCUT2D eigenvalue weighted by atomic mass is 9.69. The quantitative estimate of drug-likeness (QED) is 0.756. The van der Waals surface area contributed by atoms with Crippen LogP contribution in [-0.4, -0.2) is 41.1 Å². The standard InChI is InChI=1S/C13H24N2O2/c1-8(2)10-5-9(6-10)7-15-4-3-11(16)12(15)13(14)17/h8-12,16H,3-7H2,1-2H3,(H2,14,17)/t9?,10?,11-,12-/m0/s1. The second kappa shape index (κ2) is 4.94. The molecule has 4 heteroatoms. The van der Waals surface area contributed by atoms with Gasteiger partial charge < -0.3 is 10.8 Å². The summed E-state index contributed by atoms with van der Waals surface area (Å²) < 4.78 is 0. The predicted octanol–water partition coefficient (Wildman–Crippen LogP) is 0.589. The average molecular weight is 240 g/mol. The minimum Gasteiger partial charge on any atom is -0.391 e. The molecule has 1 aliphatic heterocycles. The minimum absolute atomic E-state index is 0.380. The maximum absolute atomic E-state index is 11.3. The first-order valence-corrected chi connectivity index (χ1v) is 6.70. The minimum atomic E-state index is -0.562. The molecular weight excluding hydrogens is 216 g/mol. The summed E-state index contributed by atoms with van der Waals surface area (Å²) in [6, 6.07) is -0.451. The molecule has 1 saturated heterocycles. The van der Waals surface area contributed by atoms with Crippen molar-refractivity contribution < 1.29 is 9.90 Å². The van der Waals surface area contributed by atoms with Crippen molar-refractivity contribution in [2.75, 3.05) is 13.1 Å². The largest absolute Gasteiger partial charge is 0.391 e. The zero-order valence-electron chi connectivity index (χ0n) is 10.8. The highest BCUT2D eigenvalue weighted by Gasteiger charge is 2.40. The zero-order valence-corrected chi connectivity index (χ0v) is 10.8. The van der Waals surface area contributed by atoms with Crippen LogP contribution in [0.1, 0.15) is 33.1 Å². The summed E-state index contributed by atoms with van der Waals surface area (Å²) in [4.78, 5) is 13.4. The van der Waals surface area contributed by atoms with Gasteiger partial charge in [-0.05, 0) is 37.0 Å². The molecule has 98 valence electrons. The Morgan fingerprint density at radius 1 is 1.47 bits per heavy atom. The Morgan fingerprint density at radius 2 is 2.12 bits per heavy atom. The molecule has 2 aliphatic rings. The third-order valence-electron chi connectivity index (χ3n) is 4.47. The Morgan fingerprint density at radius 3 is 2.65 bits per heavy atom. The molecule has 3 N–H and O–H groups in total. The normalized spacial score (nSPS) is 38.4. The van der Waals surface area contributed by atoms with Gasteiger partial charge in [-0.15, -0.1) is 0 Å². The fraction of sp³-hybridized carbons (Fsp3) is 0.923. The van der Waals surface area contributed by atoms with Gasteiger partial charge >= 0.3 is 0 Å². The molecule has 0 bridgehead atoms. The summed E-state index contributed by atoms with van der Waals surface area (Å²) in [5.41, 5.74) is 5.35. The van der Waals surface area contributed by atoms with Gasteiger partial charge in [0.05, 0.1) is 6.10 Å². The third kappa shape index (κ3) is 2.63. The second-order valence-corrected chi connectivity index (χ2v) is 6.04. The van der Waals surface area contributed by atoms with Crippen LogP contribution < -0.4 is 5.73 Å². The molecule has 2 rings (SSSR count). The van der Waals surface area contributed by atoms with Crippen LogP contribution in [0.5, 0.6) is 0 Å². The van der Waals surface area contributed by atoms with E-state index >= 15 is 0 Å². The SMILES string of the molecule is CC(C)C1CC(CN2CC[C@H](O)[C@H]2C(N)=O)C1. The molecule has 0 aromatic rings. The molecule has 2 fully saturated rings. The topological polar surface area (TPSA) is 66.6 Å². The molecule has 0 spiro atoms. The number of primary amides is 1. The summed E-state index contributed by atoms with van der Waals surface area (Å²) in [7, 11) is 0. The van der Waals surface area contributed by atoms with Gasteiger partial charge in [0.1, 0.15) is 6.04 Å². The van der Waals surface area contributed by atoms with Crippen molar-refractivity contribution in [1.82, 2.24) is 4.90 Å². The van der Waals surface area contributed by atoms with Crippen LogP contribution in [-0.2, 0) is 4.79 Å². The molecule has 4 nitrogen and oxygen atoms in total. The molecule has 1 aliphatic carbocycles. The maximum Gasteiger partial charge on any atom is 0.237 e. The van der Waals surface area contributed by atoms with E-state index in [1.807, 2.05) is 0 Å².